The highest BCUT2D eigenvalue weighted by Crippen LogP contribution is 2.41. The Morgan fingerprint density at radius 2 is 2.24 bits per heavy atom. The van der Waals surface area contributed by atoms with Gasteiger partial charge in [-0.25, -0.2) is 0 Å². The lowest BCUT2D eigenvalue weighted by atomic mass is 9.79. The third kappa shape index (κ3) is 1.59. The average molecular weight is 227 g/mol. The fourth-order valence-electron chi connectivity index (χ4n) is 3.32. The van der Waals surface area contributed by atoms with E-state index in [4.69, 9.17) is 0 Å². The van der Waals surface area contributed by atoms with Crippen LogP contribution in [0, 0.1) is 0 Å². The molecule has 0 N–H and O–H groups in total. The summed E-state index contributed by atoms with van der Waals surface area (Å²) in [5, 5.41) is 0. The molecule has 1 aromatic rings. The molecule has 3 rings (SSSR count). The van der Waals surface area contributed by atoms with Crippen LogP contribution in [0.1, 0.15) is 29.9 Å². The number of likely N-dealkylation sites (tertiary alicyclic amines) is 1. The van der Waals surface area contributed by atoms with Gasteiger partial charge in [0.2, 0.25) is 5.91 Å². The molecule has 1 aromatic carbocycles. The van der Waals surface area contributed by atoms with E-state index in [1.165, 1.54) is 11.1 Å². The number of nitrogens with zero attached hydrogens (tertiary/aromatic N) is 1. The molecule has 1 saturated heterocycles. The summed E-state index contributed by atoms with van der Waals surface area (Å²) in [6, 6.07) is 8.97. The maximum Gasteiger partial charge on any atom is 0.223 e. The summed E-state index contributed by atoms with van der Waals surface area (Å²) in [4.78, 5) is 14.0. The number of hydrogen-bond donors (Lipinski definition) is 0. The number of amides is 1. The van der Waals surface area contributed by atoms with Gasteiger partial charge in [-0.1, -0.05) is 30.3 Å². The van der Waals surface area contributed by atoms with Crippen molar-refractivity contribution >= 4 is 5.91 Å². The highest BCUT2D eigenvalue weighted by Gasteiger charge is 2.42. The summed E-state index contributed by atoms with van der Waals surface area (Å²) in [7, 11) is 0. The molecule has 0 saturated carbocycles. The maximum atomic E-state index is 12.0. The van der Waals surface area contributed by atoms with Gasteiger partial charge in [0.05, 0.1) is 0 Å². The molecule has 0 spiro atoms. The molecule has 0 bridgehead atoms. The molecule has 1 aliphatic heterocycles. The van der Waals surface area contributed by atoms with Crippen LogP contribution in [-0.2, 0) is 11.2 Å². The molecule has 17 heavy (non-hydrogen) atoms. The Bertz CT molecular complexity index is 466. The smallest absolute Gasteiger partial charge is 0.223 e. The van der Waals surface area contributed by atoms with E-state index in [9.17, 15) is 4.79 Å². The monoisotopic (exact) mass is 227 g/mol. The highest BCUT2D eigenvalue weighted by atomic mass is 16.2. The molecule has 2 heteroatoms. The summed E-state index contributed by atoms with van der Waals surface area (Å²) in [5.74, 6) is 0.698. The van der Waals surface area contributed by atoms with Crippen molar-refractivity contribution in [1.82, 2.24) is 4.90 Å². The van der Waals surface area contributed by atoms with E-state index < -0.39 is 0 Å². The van der Waals surface area contributed by atoms with E-state index in [0.717, 1.165) is 12.8 Å². The first kappa shape index (κ1) is 10.6. The zero-order valence-electron chi connectivity index (χ0n) is 9.93. The van der Waals surface area contributed by atoms with Crippen molar-refractivity contribution in [2.75, 3.05) is 6.54 Å². The van der Waals surface area contributed by atoms with Crippen molar-refractivity contribution in [1.29, 1.82) is 0 Å². The van der Waals surface area contributed by atoms with Gasteiger partial charge in [-0.05, 0) is 24.0 Å². The van der Waals surface area contributed by atoms with E-state index >= 15 is 0 Å². The topological polar surface area (TPSA) is 20.3 Å². The summed E-state index contributed by atoms with van der Waals surface area (Å²) in [6.45, 7) is 4.44. The van der Waals surface area contributed by atoms with Crippen LogP contribution >= 0.6 is 0 Å². The summed E-state index contributed by atoms with van der Waals surface area (Å²) >= 11 is 0. The Hall–Kier alpha value is -1.57. The third-order valence-corrected chi connectivity index (χ3v) is 4.07. The molecule has 0 aromatic heterocycles. The summed E-state index contributed by atoms with van der Waals surface area (Å²) in [5.41, 5.74) is 2.82. The fourth-order valence-corrected chi connectivity index (χ4v) is 3.32. The van der Waals surface area contributed by atoms with Crippen LogP contribution in [0.3, 0.4) is 0 Å². The molecule has 1 amide bonds. The third-order valence-electron chi connectivity index (χ3n) is 4.07. The SMILES string of the molecule is C=CCN1C(=O)CC2c3ccccc3CCC21. The lowest BCUT2D eigenvalue weighted by Crippen LogP contribution is -2.37. The molecule has 88 valence electrons. The zero-order valence-corrected chi connectivity index (χ0v) is 9.93. The standard InChI is InChI=1S/C15H17NO/c1-2-9-16-14-8-7-11-5-3-4-6-12(11)13(14)10-15(16)17/h2-6,13-14H,1,7-10H2. The lowest BCUT2D eigenvalue weighted by Gasteiger charge is -2.32. The zero-order chi connectivity index (χ0) is 11.8. The normalized spacial score (nSPS) is 26.6. The number of rotatable bonds is 2. The van der Waals surface area contributed by atoms with Crippen LogP contribution in [0.5, 0.6) is 0 Å². The quantitative estimate of drug-likeness (QED) is 0.711. The van der Waals surface area contributed by atoms with Crippen LogP contribution in [0.4, 0.5) is 0 Å². The van der Waals surface area contributed by atoms with E-state index in [0.29, 0.717) is 24.9 Å². The Morgan fingerprint density at radius 1 is 1.41 bits per heavy atom. The van der Waals surface area contributed by atoms with E-state index in [-0.39, 0.29) is 5.91 Å². The molecule has 1 fully saturated rings. The Labute approximate surface area is 102 Å². The number of hydrogen-bond acceptors (Lipinski definition) is 1. The van der Waals surface area contributed by atoms with Crippen molar-refractivity contribution in [2.24, 2.45) is 0 Å². The van der Waals surface area contributed by atoms with Crippen LogP contribution < -0.4 is 0 Å². The second kappa shape index (κ2) is 4.02. The molecule has 0 radical (unpaired) electrons. The molecule has 2 nitrogen and oxygen atoms in total. The highest BCUT2D eigenvalue weighted by molar-refractivity contribution is 5.81. The van der Waals surface area contributed by atoms with Crippen LogP contribution in [-0.4, -0.2) is 23.4 Å². The number of carbonyl (C=O) groups excluding carboxylic acids is 1. The van der Waals surface area contributed by atoms with Crippen molar-refractivity contribution in [3.63, 3.8) is 0 Å². The van der Waals surface area contributed by atoms with E-state index in [2.05, 4.69) is 30.8 Å². The van der Waals surface area contributed by atoms with Gasteiger partial charge in [0, 0.05) is 24.9 Å². The van der Waals surface area contributed by atoms with Gasteiger partial charge >= 0.3 is 0 Å². The first-order chi connectivity index (χ1) is 8.31. The first-order valence-corrected chi connectivity index (χ1v) is 6.29. The molecule has 1 heterocycles. The summed E-state index contributed by atoms with van der Waals surface area (Å²) < 4.78 is 0. The minimum absolute atomic E-state index is 0.289. The van der Waals surface area contributed by atoms with Gasteiger partial charge in [0.15, 0.2) is 0 Å². The van der Waals surface area contributed by atoms with Crippen LogP contribution in [0.15, 0.2) is 36.9 Å². The first-order valence-electron chi connectivity index (χ1n) is 6.29. The molecular weight excluding hydrogens is 210 g/mol. The average Bonchev–Trinajstić information content (AvgIpc) is 2.67. The van der Waals surface area contributed by atoms with Crippen molar-refractivity contribution in [3.05, 3.63) is 48.0 Å². The molecular formula is C15H17NO. The fraction of sp³-hybridized carbons (Fsp3) is 0.400. The van der Waals surface area contributed by atoms with Gasteiger partial charge in [-0.15, -0.1) is 6.58 Å². The van der Waals surface area contributed by atoms with Gasteiger partial charge in [-0.2, -0.15) is 0 Å². The van der Waals surface area contributed by atoms with Crippen LogP contribution in [0.2, 0.25) is 0 Å². The Morgan fingerprint density at radius 3 is 3.06 bits per heavy atom. The maximum absolute atomic E-state index is 12.0. The largest absolute Gasteiger partial charge is 0.335 e. The predicted molar refractivity (Wildman–Crippen MR) is 67.8 cm³/mol. The summed E-state index contributed by atoms with van der Waals surface area (Å²) in [6.07, 6.45) is 4.70. The second-order valence-corrected chi connectivity index (χ2v) is 4.95. The Kier molecular flexibility index (Phi) is 2.50. The van der Waals surface area contributed by atoms with Crippen LogP contribution in [0.25, 0.3) is 0 Å². The van der Waals surface area contributed by atoms with E-state index in [1.807, 2.05) is 11.0 Å². The number of benzene rings is 1. The van der Waals surface area contributed by atoms with Gasteiger partial charge in [0.25, 0.3) is 0 Å². The second-order valence-electron chi connectivity index (χ2n) is 4.95. The van der Waals surface area contributed by atoms with Crippen molar-refractivity contribution in [3.8, 4) is 0 Å². The van der Waals surface area contributed by atoms with Crippen molar-refractivity contribution in [2.45, 2.75) is 31.2 Å². The minimum Gasteiger partial charge on any atom is -0.335 e. The van der Waals surface area contributed by atoms with Gasteiger partial charge in [0.1, 0.15) is 0 Å². The predicted octanol–water partition coefficient (Wildman–Crippen LogP) is 2.50. The van der Waals surface area contributed by atoms with Gasteiger partial charge in [-0.3, -0.25) is 4.79 Å². The van der Waals surface area contributed by atoms with Gasteiger partial charge < -0.3 is 4.90 Å². The van der Waals surface area contributed by atoms with E-state index in [1.54, 1.807) is 0 Å². The molecule has 2 aliphatic rings. The lowest BCUT2D eigenvalue weighted by molar-refractivity contribution is -0.128. The number of fused-ring (bicyclic) bond motifs is 3. The Balaban J connectivity index is 1.96. The number of aryl methyl sites for hydroxylation is 1. The molecule has 2 atom stereocenters. The van der Waals surface area contributed by atoms with Crippen molar-refractivity contribution < 1.29 is 4.79 Å². The minimum atomic E-state index is 0.289. The number of carbonyl (C=O) groups is 1. The molecule has 1 aliphatic carbocycles. The molecule has 2 unspecified atom stereocenters.